The van der Waals surface area contributed by atoms with Gasteiger partial charge in [-0.15, -0.1) is 0 Å². The number of aromatic nitrogens is 1. The average molecular weight is 270 g/mol. The first-order valence-corrected chi connectivity index (χ1v) is 7.20. The number of hydrogen-bond acceptors (Lipinski definition) is 3. The third kappa shape index (κ3) is 5.02. The molecular formula is C17H22N2O. The minimum Gasteiger partial charge on any atom is -0.494 e. The molecule has 0 spiro atoms. The standard InChI is InChI=1S/C17H22N2O/c1-2-3-12-20-17-6-4-15(5-7-17)13-19-14-16-8-10-18-11-9-16/h4-11,19H,2-3,12-14H2,1H3. The molecule has 1 heterocycles. The van der Waals surface area contributed by atoms with Crippen LogP contribution in [-0.4, -0.2) is 11.6 Å². The number of hydrogen-bond donors (Lipinski definition) is 1. The van der Waals surface area contributed by atoms with Crippen LogP contribution in [0.25, 0.3) is 0 Å². The molecule has 0 radical (unpaired) electrons. The van der Waals surface area contributed by atoms with Crippen molar-refractivity contribution in [2.75, 3.05) is 6.61 Å². The van der Waals surface area contributed by atoms with E-state index in [1.165, 1.54) is 11.1 Å². The van der Waals surface area contributed by atoms with Crippen molar-refractivity contribution in [2.45, 2.75) is 32.9 Å². The van der Waals surface area contributed by atoms with Gasteiger partial charge in [0.25, 0.3) is 0 Å². The Morgan fingerprint density at radius 3 is 2.25 bits per heavy atom. The molecule has 1 aromatic carbocycles. The van der Waals surface area contributed by atoms with Gasteiger partial charge in [-0.1, -0.05) is 25.5 Å². The van der Waals surface area contributed by atoms with E-state index in [2.05, 4.69) is 29.4 Å². The zero-order valence-corrected chi connectivity index (χ0v) is 12.0. The molecule has 0 aliphatic rings. The van der Waals surface area contributed by atoms with E-state index in [4.69, 9.17) is 4.74 Å². The fourth-order valence-electron chi connectivity index (χ4n) is 1.89. The maximum atomic E-state index is 5.65. The highest BCUT2D eigenvalue weighted by atomic mass is 16.5. The molecule has 0 saturated carbocycles. The number of rotatable bonds is 8. The van der Waals surface area contributed by atoms with Gasteiger partial charge in [0.15, 0.2) is 0 Å². The molecule has 3 nitrogen and oxygen atoms in total. The fourth-order valence-corrected chi connectivity index (χ4v) is 1.89. The van der Waals surface area contributed by atoms with Gasteiger partial charge in [0.05, 0.1) is 6.61 Å². The van der Waals surface area contributed by atoms with Crippen molar-refractivity contribution < 1.29 is 4.74 Å². The van der Waals surface area contributed by atoms with E-state index in [-0.39, 0.29) is 0 Å². The lowest BCUT2D eigenvalue weighted by atomic mass is 10.2. The van der Waals surface area contributed by atoms with Crippen LogP contribution in [0.4, 0.5) is 0 Å². The number of unbranched alkanes of at least 4 members (excludes halogenated alkanes) is 1. The van der Waals surface area contributed by atoms with E-state index < -0.39 is 0 Å². The highest BCUT2D eigenvalue weighted by molar-refractivity contribution is 5.27. The molecule has 1 N–H and O–H groups in total. The molecule has 0 aliphatic carbocycles. The van der Waals surface area contributed by atoms with Crippen LogP contribution in [0.15, 0.2) is 48.8 Å². The summed E-state index contributed by atoms with van der Waals surface area (Å²) < 4.78 is 5.65. The third-order valence-corrected chi connectivity index (χ3v) is 3.10. The monoisotopic (exact) mass is 270 g/mol. The molecule has 0 bridgehead atoms. The zero-order valence-electron chi connectivity index (χ0n) is 12.0. The van der Waals surface area contributed by atoms with Gasteiger partial charge in [0.2, 0.25) is 0 Å². The van der Waals surface area contributed by atoms with Gasteiger partial charge in [-0.3, -0.25) is 4.98 Å². The van der Waals surface area contributed by atoms with Gasteiger partial charge in [-0.25, -0.2) is 0 Å². The van der Waals surface area contributed by atoms with Crippen molar-refractivity contribution in [1.29, 1.82) is 0 Å². The molecule has 0 fully saturated rings. The lowest BCUT2D eigenvalue weighted by Gasteiger charge is -2.08. The van der Waals surface area contributed by atoms with Gasteiger partial charge < -0.3 is 10.1 Å². The Morgan fingerprint density at radius 1 is 0.950 bits per heavy atom. The first-order chi connectivity index (χ1) is 9.88. The Labute approximate surface area is 121 Å². The molecule has 0 atom stereocenters. The summed E-state index contributed by atoms with van der Waals surface area (Å²) in [6, 6.07) is 12.4. The van der Waals surface area contributed by atoms with Gasteiger partial charge in [0, 0.05) is 25.5 Å². The second-order valence-corrected chi connectivity index (χ2v) is 4.80. The fraction of sp³-hybridized carbons (Fsp3) is 0.353. The minimum absolute atomic E-state index is 0.802. The average Bonchev–Trinajstić information content (AvgIpc) is 2.50. The molecule has 2 aromatic rings. The van der Waals surface area contributed by atoms with E-state index in [0.29, 0.717) is 0 Å². The van der Waals surface area contributed by atoms with Crippen molar-refractivity contribution >= 4 is 0 Å². The predicted octanol–water partition coefficient (Wildman–Crippen LogP) is 3.55. The predicted molar refractivity (Wildman–Crippen MR) is 81.6 cm³/mol. The summed E-state index contributed by atoms with van der Waals surface area (Å²) in [5.41, 5.74) is 2.52. The van der Waals surface area contributed by atoms with E-state index >= 15 is 0 Å². The van der Waals surface area contributed by atoms with E-state index in [0.717, 1.165) is 38.3 Å². The SMILES string of the molecule is CCCCOc1ccc(CNCc2ccncc2)cc1. The normalized spacial score (nSPS) is 10.4. The maximum absolute atomic E-state index is 5.65. The van der Waals surface area contributed by atoms with Crippen molar-refractivity contribution in [1.82, 2.24) is 10.3 Å². The highest BCUT2D eigenvalue weighted by Crippen LogP contribution is 2.12. The first kappa shape index (κ1) is 14.5. The summed E-state index contributed by atoms with van der Waals surface area (Å²) in [6.45, 7) is 4.69. The number of benzene rings is 1. The minimum atomic E-state index is 0.802. The van der Waals surface area contributed by atoms with Crippen LogP contribution < -0.4 is 10.1 Å². The smallest absolute Gasteiger partial charge is 0.119 e. The van der Waals surface area contributed by atoms with Crippen LogP contribution in [0.5, 0.6) is 5.75 Å². The third-order valence-electron chi connectivity index (χ3n) is 3.10. The van der Waals surface area contributed by atoms with Crippen LogP contribution in [0, 0.1) is 0 Å². The van der Waals surface area contributed by atoms with Gasteiger partial charge >= 0.3 is 0 Å². The largest absolute Gasteiger partial charge is 0.494 e. The van der Waals surface area contributed by atoms with Gasteiger partial charge in [-0.05, 0) is 41.8 Å². The summed E-state index contributed by atoms with van der Waals surface area (Å²) >= 11 is 0. The molecule has 0 aliphatic heterocycles. The summed E-state index contributed by atoms with van der Waals surface area (Å²) in [5, 5.41) is 3.42. The molecule has 1 aromatic heterocycles. The highest BCUT2D eigenvalue weighted by Gasteiger charge is 1.96. The molecule has 3 heteroatoms. The van der Waals surface area contributed by atoms with Crippen LogP contribution in [0.2, 0.25) is 0 Å². The molecule has 106 valence electrons. The second kappa shape index (κ2) is 8.33. The summed E-state index contributed by atoms with van der Waals surface area (Å²) in [7, 11) is 0. The van der Waals surface area contributed by atoms with Gasteiger partial charge in [-0.2, -0.15) is 0 Å². The van der Waals surface area contributed by atoms with Gasteiger partial charge in [0.1, 0.15) is 5.75 Å². The van der Waals surface area contributed by atoms with Crippen LogP contribution in [0.3, 0.4) is 0 Å². The van der Waals surface area contributed by atoms with E-state index in [9.17, 15) is 0 Å². The molecule has 20 heavy (non-hydrogen) atoms. The Hall–Kier alpha value is -1.87. The van der Waals surface area contributed by atoms with Crippen molar-refractivity contribution in [3.05, 3.63) is 59.9 Å². The first-order valence-electron chi connectivity index (χ1n) is 7.20. The number of nitrogens with zero attached hydrogens (tertiary/aromatic N) is 1. The summed E-state index contributed by atoms with van der Waals surface area (Å²) in [4.78, 5) is 4.01. The van der Waals surface area contributed by atoms with Crippen molar-refractivity contribution in [2.24, 2.45) is 0 Å². The molecule has 0 amide bonds. The number of nitrogens with one attached hydrogen (secondary N) is 1. The number of pyridine rings is 1. The maximum Gasteiger partial charge on any atom is 0.119 e. The Balaban J connectivity index is 1.73. The van der Waals surface area contributed by atoms with Crippen LogP contribution >= 0.6 is 0 Å². The zero-order chi connectivity index (χ0) is 14.0. The van der Waals surface area contributed by atoms with Crippen molar-refractivity contribution in [3.8, 4) is 5.75 Å². The van der Waals surface area contributed by atoms with E-state index in [1.54, 1.807) is 0 Å². The molecule has 0 unspecified atom stereocenters. The Kier molecular flexibility index (Phi) is 6.06. The quantitative estimate of drug-likeness (QED) is 0.745. The topological polar surface area (TPSA) is 34.1 Å². The molecule has 0 saturated heterocycles. The Morgan fingerprint density at radius 2 is 1.60 bits per heavy atom. The molecular weight excluding hydrogens is 248 g/mol. The van der Waals surface area contributed by atoms with Crippen LogP contribution in [-0.2, 0) is 13.1 Å². The van der Waals surface area contributed by atoms with Crippen molar-refractivity contribution in [3.63, 3.8) is 0 Å². The molecule has 2 rings (SSSR count). The van der Waals surface area contributed by atoms with Crippen LogP contribution in [0.1, 0.15) is 30.9 Å². The summed E-state index contributed by atoms with van der Waals surface area (Å²) in [6.07, 6.45) is 5.91. The second-order valence-electron chi connectivity index (χ2n) is 4.80. The Bertz CT molecular complexity index is 482. The van der Waals surface area contributed by atoms with E-state index in [1.807, 2.05) is 36.7 Å². The lowest BCUT2D eigenvalue weighted by Crippen LogP contribution is -2.12. The lowest BCUT2D eigenvalue weighted by molar-refractivity contribution is 0.309. The number of ether oxygens (including phenoxy) is 1. The summed E-state index contributed by atoms with van der Waals surface area (Å²) in [5.74, 6) is 0.955.